The summed E-state index contributed by atoms with van der Waals surface area (Å²) in [5, 5.41) is 6.76. The van der Waals surface area contributed by atoms with Crippen LogP contribution in [0.3, 0.4) is 0 Å². The SMILES string of the molecule is CCc1ccccc1C(=O)Nc1cnn(CC(=O)OC)c1. The van der Waals surface area contributed by atoms with Gasteiger partial charge in [-0.1, -0.05) is 25.1 Å². The maximum absolute atomic E-state index is 12.2. The third-order valence-electron chi connectivity index (χ3n) is 3.05. The predicted molar refractivity (Wildman–Crippen MR) is 78.0 cm³/mol. The fourth-order valence-corrected chi connectivity index (χ4v) is 1.96. The van der Waals surface area contributed by atoms with Crippen LogP contribution >= 0.6 is 0 Å². The van der Waals surface area contributed by atoms with Crippen LogP contribution in [0.2, 0.25) is 0 Å². The number of hydrogen-bond acceptors (Lipinski definition) is 4. The smallest absolute Gasteiger partial charge is 0.327 e. The van der Waals surface area contributed by atoms with Crippen LogP contribution in [0.15, 0.2) is 36.7 Å². The summed E-state index contributed by atoms with van der Waals surface area (Å²) >= 11 is 0. The summed E-state index contributed by atoms with van der Waals surface area (Å²) in [5.41, 5.74) is 2.16. The van der Waals surface area contributed by atoms with Crippen molar-refractivity contribution in [2.75, 3.05) is 12.4 Å². The summed E-state index contributed by atoms with van der Waals surface area (Å²) < 4.78 is 5.97. The highest BCUT2D eigenvalue weighted by atomic mass is 16.5. The number of nitrogens with one attached hydrogen (secondary N) is 1. The number of methoxy groups -OCH3 is 1. The van der Waals surface area contributed by atoms with E-state index in [4.69, 9.17) is 0 Å². The van der Waals surface area contributed by atoms with Crippen molar-refractivity contribution < 1.29 is 14.3 Å². The Labute approximate surface area is 122 Å². The highest BCUT2D eigenvalue weighted by Crippen LogP contribution is 2.13. The first-order chi connectivity index (χ1) is 10.1. The van der Waals surface area contributed by atoms with Gasteiger partial charge in [0.15, 0.2) is 0 Å². The minimum Gasteiger partial charge on any atom is -0.468 e. The average molecular weight is 287 g/mol. The first-order valence-electron chi connectivity index (χ1n) is 6.62. The molecule has 1 N–H and O–H groups in total. The van der Waals surface area contributed by atoms with E-state index >= 15 is 0 Å². The Balaban J connectivity index is 2.08. The number of aryl methyl sites for hydroxylation is 1. The average Bonchev–Trinajstić information content (AvgIpc) is 2.93. The number of anilines is 1. The van der Waals surface area contributed by atoms with Crippen LogP contribution in [-0.4, -0.2) is 28.8 Å². The highest BCUT2D eigenvalue weighted by Gasteiger charge is 2.11. The zero-order valence-corrected chi connectivity index (χ0v) is 12.0. The highest BCUT2D eigenvalue weighted by molar-refractivity contribution is 6.05. The lowest BCUT2D eigenvalue weighted by Crippen LogP contribution is -2.14. The largest absolute Gasteiger partial charge is 0.468 e. The number of ether oxygens (including phenoxy) is 1. The summed E-state index contributed by atoms with van der Waals surface area (Å²) in [6, 6.07) is 7.45. The predicted octanol–water partition coefficient (Wildman–Crippen LogP) is 1.87. The molecule has 1 amide bonds. The summed E-state index contributed by atoms with van der Waals surface area (Å²) in [6.45, 7) is 2.01. The molecule has 6 nitrogen and oxygen atoms in total. The zero-order valence-electron chi connectivity index (χ0n) is 12.0. The van der Waals surface area contributed by atoms with E-state index < -0.39 is 5.97 Å². The number of esters is 1. The summed E-state index contributed by atoms with van der Waals surface area (Å²) in [7, 11) is 1.32. The van der Waals surface area contributed by atoms with Gasteiger partial charge in [0, 0.05) is 11.8 Å². The number of carbonyl (C=O) groups is 2. The molecule has 2 aromatic rings. The summed E-state index contributed by atoms with van der Waals surface area (Å²) in [5.74, 6) is -0.586. The second kappa shape index (κ2) is 6.69. The lowest BCUT2D eigenvalue weighted by molar-refractivity contribution is -0.141. The van der Waals surface area contributed by atoms with E-state index in [0.29, 0.717) is 11.3 Å². The molecule has 0 fully saturated rings. The van der Waals surface area contributed by atoms with E-state index in [0.717, 1.165) is 12.0 Å². The van der Waals surface area contributed by atoms with E-state index in [1.54, 1.807) is 12.3 Å². The normalized spacial score (nSPS) is 10.2. The molecular formula is C15H17N3O3. The van der Waals surface area contributed by atoms with Crippen molar-refractivity contribution in [1.82, 2.24) is 9.78 Å². The molecule has 2 rings (SSSR count). The topological polar surface area (TPSA) is 73.2 Å². The number of amides is 1. The number of carbonyl (C=O) groups excluding carboxylic acids is 2. The third-order valence-corrected chi connectivity index (χ3v) is 3.05. The number of rotatable bonds is 5. The molecule has 0 spiro atoms. The van der Waals surface area contributed by atoms with Gasteiger partial charge in [-0.3, -0.25) is 14.3 Å². The van der Waals surface area contributed by atoms with E-state index in [1.807, 2.05) is 25.1 Å². The Morgan fingerprint density at radius 3 is 2.81 bits per heavy atom. The first kappa shape index (κ1) is 14.8. The van der Waals surface area contributed by atoms with Crippen molar-refractivity contribution in [3.8, 4) is 0 Å². The fraction of sp³-hybridized carbons (Fsp3) is 0.267. The molecular weight excluding hydrogens is 270 g/mol. The summed E-state index contributed by atoms with van der Waals surface area (Å²) in [4.78, 5) is 23.4. The molecule has 0 aliphatic heterocycles. The van der Waals surface area contributed by atoms with Gasteiger partial charge in [-0.25, -0.2) is 0 Å². The third kappa shape index (κ3) is 3.68. The molecule has 0 unspecified atom stereocenters. The fourth-order valence-electron chi connectivity index (χ4n) is 1.96. The second-order valence-electron chi connectivity index (χ2n) is 4.47. The van der Waals surface area contributed by atoms with Crippen molar-refractivity contribution >= 4 is 17.6 Å². The minimum absolute atomic E-state index is 0.0118. The van der Waals surface area contributed by atoms with Gasteiger partial charge in [-0.05, 0) is 18.1 Å². The van der Waals surface area contributed by atoms with Gasteiger partial charge in [0.05, 0.1) is 19.0 Å². The van der Waals surface area contributed by atoms with Crippen molar-refractivity contribution in [1.29, 1.82) is 0 Å². The number of hydrogen-bond donors (Lipinski definition) is 1. The molecule has 0 aliphatic rings. The van der Waals surface area contributed by atoms with Gasteiger partial charge in [0.1, 0.15) is 6.54 Å². The van der Waals surface area contributed by atoms with Gasteiger partial charge in [-0.15, -0.1) is 0 Å². The number of nitrogens with zero attached hydrogens (tertiary/aromatic N) is 2. The molecule has 110 valence electrons. The van der Waals surface area contributed by atoms with E-state index in [1.165, 1.54) is 18.0 Å². The van der Waals surface area contributed by atoms with Crippen LogP contribution in [0.1, 0.15) is 22.8 Å². The molecule has 0 saturated heterocycles. The second-order valence-corrected chi connectivity index (χ2v) is 4.47. The van der Waals surface area contributed by atoms with Crippen LogP contribution in [0.25, 0.3) is 0 Å². The molecule has 1 heterocycles. The van der Waals surface area contributed by atoms with Gasteiger partial charge in [0.25, 0.3) is 5.91 Å². The van der Waals surface area contributed by atoms with Crippen molar-refractivity contribution in [2.45, 2.75) is 19.9 Å². The maximum atomic E-state index is 12.2. The van der Waals surface area contributed by atoms with Crippen molar-refractivity contribution in [2.24, 2.45) is 0 Å². The Kier molecular flexibility index (Phi) is 4.71. The van der Waals surface area contributed by atoms with Crippen LogP contribution in [0, 0.1) is 0 Å². The Morgan fingerprint density at radius 2 is 2.10 bits per heavy atom. The van der Waals surface area contributed by atoms with E-state index in [2.05, 4.69) is 15.2 Å². The molecule has 0 atom stereocenters. The van der Waals surface area contributed by atoms with E-state index in [9.17, 15) is 9.59 Å². The van der Waals surface area contributed by atoms with Crippen molar-refractivity contribution in [3.05, 3.63) is 47.8 Å². The standard InChI is InChI=1S/C15H17N3O3/c1-3-11-6-4-5-7-13(11)15(20)17-12-8-16-18(9-12)10-14(19)21-2/h4-9H,3,10H2,1-2H3,(H,17,20). The van der Waals surface area contributed by atoms with Gasteiger partial charge >= 0.3 is 5.97 Å². The molecule has 1 aromatic heterocycles. The molecule has 0 saturated carbocycles. The first-order valence-corrected chi connectivity index (χ1v) is 6.62. The molecule has 0 radical (unpaired) electrons. The Morgan fingerprint density at radius 1 is 1.33 bits per heavy atom. The van der Waals surface area contributed by atoms with Gasteiger partial charge in [0.2, 0.25) is 0 Å². The molecule has 1 aromatic carbocycles. The summed E-state index contributed by atoms with van der Waals surface area (Å²) in [6.07, 6.45) is 3.87. The molecule has 0 bridgehead atoms. The zero-order chi connectivity index (χ0) is 15.2. The quantitative estimate of drug-likeness (QED) is 0.852. The van der Waals surface area contributed by atoms with Crippen LogP contribution in [0.5, 0.6) is 0 Å². The van der Waals surface area contributed by atoms with Crippen molar-refractivity contribution in [3.63, 3.8) is 0 Å². The molecule has 0 aliphatic carbocycles. The molecule has 6 heteroatoms. The lowest BCUT2D eigenvalue weighted by atomic mass is 10.0. The van der Waals surface area contributed by atoms with Gasteiger partial charge < -0.3 is 10.1 Å². The molecule has 21 heavy (non-hydrogen) atoms. The maximum Gasteiger partial charge on any atom is 0.327 e. The van der Waals surface area contributed by atoms with Crippen LogP contribution in [0.4, 0.5) is 5.69 Å². The van der Waals surface area contributed by atoms with Crippen LogP contribution < -0.4 is 5.32 Å². The number of benzene rings is 1. The Bertz CT molecular complexity index is 649. The lowest BCUT2D eigenvalue weighted by Gasteiger charge is -2.07. The monoisotopic (exact) mass is 287 g/mol. The minimum atomic E-state index is -0.396. The van der Waals surface area contributed by atoms with E-state index in [-0.39, 0.29) is 12.5 Å². The Hall–Kier alpha value is -2.63. The number of aromatic nitrogens is 2. The van der Waals surface area contributed by atoms with Gasteiger partial charge in [-0.2, -0.15) is 5.10 Å². The van der Waals surface area contributed by atoms with Crippen LogP contribution in [-0.2, 0) is 22.5 Å².